The number of methoxy groups -OCH3 is 1. The fraction of sp³-hybridized carbons (Fsp3) is 0.974. The topological polar surface area (TPSA) is 108 Å². The first-order chi connectivity index (χ1) is 22.0. The molecule has 0 aliphatic rings. The molecule has 0 aromatic carbocycles. The highest BCUT2D eigenvalue weighted by atomic mass is 16.7. The van der Waals surface area contributed by atoms with Crippen LogP contribution in [0.5, 0.6) is 0 Å². The summed E-state index contributed by atoms with van der Waals surface area (Å²) < 4.78 is 10.7. The number of carbonyl (C=O) groups excluding carboxylic acids is 1. The molecule has 270 valence electrons. The third-order valence-corrected chi connectivity index (χ3v) is 9.18. The van der Waals surface area contributed by atoms with E-state index >= 15 is 0 Å². The van der Waals surface area contributed by atoms with Crippen molar-refractivity contribution in [3.05, 3.63) is 0 Å². The molecule has 0 fully saturated rings. The average Bonchev–Trinajstić information content (AvgIpc) is 3.05. The van der Waals surface area contributed by atoms with Gasteiger partial charge in [-0.1, -0.05) is 181 Å². The van der Waals surface area contributed by atoms with Crippen LogP contribution in [0.15, 0.2) is 0 Å². The van der Waals surface area contributed by atoms with Crippen LogP contribution in [-0.2, 0) is 14.3 Å². The molecule has 0 aromatic rings. The van der Waals surface area contributed by atoms with Crippen LogP contribution in [0.1, 0.15) is 194 Å². The number of ether oxygens (including phenoxy) is 2. The van der Waals surface area contributed by atoms with E-state index in [1.54, 1.807) is 0 Å². The molecule has 1 unspecified atom stereocenters. The van der Waals surface area contributed by atoms with E-state index in [-0.39, 0.29) is 12.7 Å². The van der Waals surface area contributed by atoms with Gasteiger partial charge < -0.3 is 30.1 Å². The van der Waals surface area contributed by atoms with Crippen molar-refractivity contribution in [1.29, 1.82) is 0 Å². The van der Waals surface area contributed by atoms with Crippen LogP contribution in [0.3, 0.4) is 0 Å². The number of rotatable bonds is 36. The monoisotopic (exact) mass is 644 g/mol. The molecule has 0 saturated carbocycles. The highest BCUT2D eigenvalue weighted by Gasteiger charge is 2.29. The van der Waals surface area contributed by atoms with Gasteiger partial charge in [-0.05, 0) is 12.8 Å². The first kappa shape index (κ1) is 44.3. The molecule has 0 heterocycles. The second-order valence-electron chi connectivity index (χ2n) is 13.5. The number of carbonyl (C=O) groups is 1. The predicted molar refractivity (Wildman–Crippen MR) is 188 cm³/mol. The lowest BCUT2D eigenvalue weighted by atomic mass is 9.99. The molecule has 0 radical (unpaired) electrons. The Morgan fingerprint density at radius 2 is 0.933 bits per heavy atom. The maximum Gasteiger partial charge on any atom is 0.249 e. The highest BCUT2D eigenvalue weighted by Crippen LogP contribution is 2.17. The van der Waals surface area contributed by atoms with Crippen LogP contribution in [-0.4, -0.2) is 66.1 Å². The summed E-state index contributed by atoms with van der Waals surface area (Å²) in [5.41, 5.74) is 0. The molecular formula is C38H77NO6. The zero-order valence-corrected chi connectivity index (χ0v) is 30.1. The second kappa shape index (κ2) is 34.6. The number of amides is 1. The average molecular weight is 644 g/mol. The van der Waals surface area contributed by atoms with Gasteiger partial charge in [-0.25, -0.2) is 0 Å². The second-order valence-corrected chi connectivity index (χ2v) is 13.5. The quantitative estimate of drug-likeness (QED) is 0.0401. The first-order valence-electron chi connectivity index (χ1n) is 19.4. The fourth-order valence-electron chi connectivity index (χ4n) is 6.11. The van der Waals surface area contributed by atoms with Crippen LogP contribution >= 0.6 is 0 Å². The third-order valence-electron chi connectivity index (χ3n) is 9.18. The van der Waals surface area contributed by atoms with Gasteiger partial charge >= 0.3 is 0 Å². The zero-order chi connectivity index (χ0) is 33.2. The van der Waals surface area contributed by atoms with Crippen molar-refractivity contribution in [2.24, 2.45) is 0 Å². The molecule has 4 atom stereocenters. The van der Waals surface area contributed by atoms with Crippen LogP contribution in [0, 0.1) is 0 Å². The van der Waals surface area contributed by atoms with E-state index in [0.717, 1.165) is 38.5 Å². The Balaban J connectivity index is 4.12. The Labute approximate surface area is 279 Å². The maximum atomic E-state index is 13.0. The van der Waals surface area contributed by atoms with Gasteiger partial charge in [-0.2, -0.15) is 0 Å². The largest absolute Gasteiger partial charge is 0.394 e. The minimum absolute atomic E-state index is 0.00458. The van der Waals surface area contributed by atoms with Gasteiger partial charge in [0.2, 0.25) is 5.91 Å². The Kier molecular flexibility index (Phi) is 34.0. The SMILES string of the molecule is CCCCCCCCCCCCCCCCC(OCOC)C(=O)N[C@@H](CO)[C@H](O)[C@H](O)CCCCCCCCCCCCCC. The third kappa shape index (κ3) is 28.0. The number of hydrogen-bond donors (Lipinski definition) is 4. The van der Waals surface area contributed by atoms with E-state index in [2.05, 4.69) is 19.2 Å². The van der Waals surface area contributed by atoms with Gasteiger partial charge in [-0.15, -0.1) is 0 Å². The van der Waals surface area contributed by atoms with Gasteiger partial charge in [0.1, 0.15) is 19.0 Å². The zero-order valence-electron chi connectivity index (χ0n) is 30.1. The van der Waals surface area contributed by atoms with E-state index in [4.69, 9.17) is 9.47 Å². The number of unbranched alkanes of at least 4 members (excludes halogenated alkanes) is 24. The summed E-state index contributed by atoms with van der Waals surface area (Å²) in [6.07, 6.45) is 30.7. The smallest absolute Gasteiger partial charge is 0.249 e. The minimum Gasteiger partial charge on any atom is -0.394 e. The van der Waals surface area contributed by atoms with Crippen molar-refractivity contribution in [2.45, 2.75) is 218 Å². The molecule has 0 bridgehead atoms. The summed E-state index contributed by atoms with van der Waals surface area (Å²) in [5.74, 6) is -0.377. The molecule has 1 amide bonds. The van der Waals surface area contributed by atoms with Crippen LogP contribution in [0.25, 0.3) is 0 Å². The molecule has 7 nitrogen and oxygen atoms in total. The summed E-state index contributed by atoms with van der Waals surface area (Å²) in [6.45, 7) is 4.07. The van der Waals surface area contributed by atoms with Crippen LogP contribution < -0.4 is 5.32 Å². The van der Waals surface area contributed by atoms with Gasteiger partial charge in [0.15, 0.2) is 0 Å². The normalized spacial score (nSPS) is 14.4. The molecular weight excluding hydrogens is 566 g/mol. The molecule has 45 heavy (non-hydrogen) atoms. The molecule has 0 aliphatic carbocycles. The molecule has 0 rings (SSSR count). The number of nitrogens with one attached hydrogen (secondary N) is 1. The van der Waals surface area contributed by atoms with Gasteiger partial charge in [0.25, 0.3) is 0 Å². The van der Waals surface area contributed by atoms with Gasteiger partial charge in [-0.3, -0.25) is 4.79 Å². The van der Waals surface area contributed by atoms with Gasteiger partial charge in [0.05, 0.1) is 18.8 Å². The standard InChI is InChI=1S/C38H77NO6/c1-4-6-8-10-12-14-16-18-19-21-23-25-27-29-31-36(45-33-44-3)38(43)39-34(32-40)37(42)35(41)30-28-26-24-22-20-17-15-13-11-9-7-5-2/h34-37,40-42H,4-33H2,1-3H3,(H,39,43)/t34-,35+,36?,37-/m0/s1. The molecule has 7 heteroatoms. The lowest BCUT2D eigenvalue weighted by molar-refractivity contribution is -0.145. The fourth-order valence-corrected chi connectivity index (χ4v) is 6.11. The van der Waals surface area contributed by atoms with E-state index in [0.29, 0.717) is 12.8 Å². The summed E-state index contributed by atoms with van der Waals surface area (Å²) in [4.78, 5) is 13.0. The van der Waals surface area contributed by atoms with Crippen molar-refractivity contribution >= 4 is 5.91 Å². The maximum absolute atomic E-state index is 13.0. The van der Waals surface area contributed by atoms with Crippen molar-refractivity contribution in [3.63, 3.8) is 0 Å². The summed E-state index contributed by atoms with van der Waals surface area (Å²) >= 11 is 0. The lowest BCUT2D eigenvalue weighted by Crippen LogP contribution is -2.53. The van der Waals surface area contributed by atoms with E-state index in [9.17, 15) is 20.1 Å². The highest BCUT2D eigenvalue weighted by molar-refractivity contribution is 5.81. The summed E-state index contributed by atoms with van der Waals surface area (Å²) in [6, 6.07) is -0.935. The van der Waals surface area contributed by atoms with Crippen molar-refractivity contribution in [1.82, 2.24) is 5.32 Å². The first-order valence-corrected chi connectivity index (χ1v) is 19.4. The van der Waals surface area contributed by atoms with E-state index in [1.807, 2.05) is 0 Å². The molecule has 0 aliphatic heterocycles. The van der Waals surface area contributed by atoms with Crippen molar-refractivity contribution in [3.8, 4) is 0 Å². The van der Waals surface area contributed by atoms with Crippen LogP contribution in [0.4, 0.5) is 0 Å². The summed E-state index contributed by atoms with van der Waals surface area (Å²) in [7, 11) is 1.52. The Bertz CT molecular complexity index is 607. The van der Waals surface area contributed by atoms with Gasteiger partial charge in [0, 0.05) is 7.11 Å². The molecule has 0 saturated heterocycles. The Hall–Kier alpha value is -0.730. The summed E-state index contributed by atoms with van der Waals surface area (Å²) in [5, 5.41) is 33.8. The number of aliphatic hydroxyl groups is 3. The number of hydrogen-bond acceptors (Lipinski definition) is 6. The van der Waals surface area contributed by atoms with E-state index in [1.165, 1.54) is 136 Å². The van der Waals surface area contributed by atoms with Crippen LogP contribution in [0.2, 0.25) is 0 Å². The number of aliphatic hydroxyl groups excluding tert-OH is 3. The van der Waals surface area contributed by atoms with Crippen molar-refractivity contribution in [2.75, 3.05) is 20.5 Å². The lowest BCUT2D eigenvalue weighted by Gasteiger charge is -2.28. The molecule has 4 N–H and O–H groups in total. The molecule has 0 spiro atoms. The minimum atomic E-state index is -1.23. The Morgan fingerprint density at radius 1 is 0.578 bits per heavy atom. The molecule has 0 aromatic heterocycles. The van der Waals surface area contributed by atoms with E-state index < -0.39 is 31.0 Å². The van der Waals surface area contributed by atoms with Crippen molar-refractivity contribution < 1.29 is 29.6 Å². The predicted octanol–water partition coefficient (Wildman–Crippen LogP) is 9.14. The Morgan fingerprint density at radius 3 is 1.29 bits per heavy atom.